The third-order valence-corrected chi connectivity index (χ3v) is 5.05. The molecule has 1 N–H and O–H groups in total. The molecule has 0 bridgehead atoms. The predicted molar refractivity (Wildman–Crippen MR) is 85.4 cm³/mol. The second-order valence-corrected chi connectivity index (χ2v) is 6.74. The van der Waals surface area contributed by atoms with Crippen molar-refractivity contribution in [2.75, 3.05) is 6.54 Å². The van der Waals surface area contributed by atoms with Crippen molar-refractivity contribution < 1.29 is 0 Å². The third-order valence-electron chi connectivity index (χ3n) is 4.62. The van der Waals surface area contributed by atoms with E-state index in [4.69, 9.17) is 11.6 Å². The van der Waals surface area contributed by atoms with Crippen LogP contribution < -0.4 is 5.32 Å². The summed E-state index contributed by atoms with van der Waals surface area (Å²) in [5, 5.41) is 9.14. The summed E-state index contributed by atoms with van der Waals surface area (Å²) in [7, 11) is 0. The molecule has 0 radical (unpaired) electrons. The van der Waals surface area contributed by atoms with Gasteiger partial charge in [-0.05, 0) is 51.0 Å². The molecule has 20 heavy (non-hydrogen) atoms. The average Bonchev–Trinajstić information content (AvgIpc) is 2.93. The number of aryl methyl sites for hydroxylation is 2. The number of hydrogen-bond donors (Lipinski definition) is 1. The standard InChI is InChI=1S/C16H28ClN3/c1-5-13-15(17)14(20(7-3)19-13)11-16(4)9-8-12(10-16)18-6-2/h12,18H,5-11H2,1-4H3. The highest BCUT2D eigenvalue weighted by atomic mass is 35.5. The van der Waals surface area contributed by atoms with E-state index in [1.165, 1.54) is 25.0 Å². The predicted octanol–water partition coefficient (Wildman–Crippen LogP) is 3.83. The van der Waals surface area contributed by atoms with E-state index in [1.807, 2.05) is 0 Å². The highest BCUT2D eigenvalue weighted by Crippen LogP contribution is 2.42. The summed E-state index contributed by atoms with van der Waals surface area (Å²) in [6.07, 6.45) is 5.76. The minimum absolute atomic E-state index is 0.356. The van der Waals surface area contributed by atoms with Gasteiger partial charge in [-0.2, -0.15) is 5.10 Å². The van der Waals surface area contributed by atoms with Crippen molar-refractivity contribution in [3.63, 3.8) is 0 Å². The van der Waals surface area contributed by atoms with Gasteiger partial charge in [-0.1, -0.05) is 32.4 Å². The maximum absolute atomic E-state index is 6.55. The topological polar surface area (TPSA) is 29.9 Å². The van der Waals surface area contributed by atoms with Crippen LogP contribution in [0.4, 0.5) is 0 Å². The quantitative estimate of drug-likeness (QED) is 0.865. The van der Waals surface area contributed by atoms with Crippen LogP contribution >= 0.6 is 11.6 Å². The lowest BCUT2D eigenvalue weighted by molar-refractivity contribution is 0.313. The van der Waals surface area contributed by atoms with Crippen LogP contribution in [-0.2, 0) is 19.4 Å². The Bertz CT molecular complexity index is 455. The monoisotopic (exact) mass is 297 g/mol. The Morgan fingerprint density at radius 1 is 1.40 bits per heavy atom. The Morgan fingerprint density at radius 3 is 2.75 bits per heavy atom. The molecule has 0 aromatic carbocycles. The molecule has 1 aliphatic rings. The molecule has 2 rings (SSSR count). The van der Waals surface area contributed by atoms with Crippen LogP contribution in [-0.4, -0.2) is 22.4 Å². The molecule has 1 aromatic heterocycles. The number of hydrogen-bond acceptors (Lipinski definition) is 2. The van der Waals surface area contributed by atoms with Gasteiger partial charge in [0.25, 0.3) is 0 Å². The first-order valence-electron chi connectivity index (χ1n) is 8.00. The molecule has 4 heteroatoms. The van der Waals surface area contributed by atoms with Crippen LogP contribution in [0.1, 0.15) is 58.3 Å². The van der Waals surface area contributed by atoms with Gasteiger partial charge < -0.3 is 5.32 Å². The molecule has 0 spiro atoms. The van der Waals surface area contributed by atoms with Crippen molar-refractivity contribution >= 4 is 11.6 Å². The lowest BCUT2D eigenvalue weighted by Gasteiger charge is -2.25. The largest absolute Gasteiger partial charge is 0.314 e. The van der Waals surface area contributed by atoms with Crippen LogP contribution in [0.3, 0.4) is 0 Å². The van der Waals surface area contributed by atoms with Gasteiger partial charge in [-0.15, -0.1) is 0 Å². The number of rotatable bonds is 6. The number of halogens is 1. The van der Waals surface area contributed by atoms with Crippen molar-refractivity contribution in [1.29, 1.82) is 0 Å². The fourth-order valence-electron chi connectivity index (χ4n) is 3.54. The zero-order valence-corrected chi connectivity index (χ0v) is 14.1. The Morgan fingerprint density at radius 2 is 2.15 bits per heavy atom. The van der Waals surface area contributed by atoms with Crippen molar-refractivity contribution in [2.24, 2.45) is 5.41 Å². The molecular weight excluding hydrogens is 270 g/mol. The van der Waals surface area contributed by atoms with Crippen LogP contribution in [0, 0.1) is 5.41 Å². The smallest absolute Gasteiger partial charge is 0.0850 e. The summed E-state index contributed by atoms with van der Waals surface area (Å²) in [4.78, 5) is 0. The lowest BCUT2D eigenvalue weighted by atomic mass is 9.83. The van der Waals surface area contributed by atoms with Crippen LogP contribution in [0.15, 0.2) is 0 Å². The molecule has 0 amide bonds. The van der Waals surface area contributed by atoms with Crippen molar-refractivity contribution in [3.05, 3.63) is 16.4 Å². The van der Waals surface area contributed by atoms with E-state index in [2.05, 4.69) is 42.8 Å². The zero-order chi connectivity index (χ0) is 14.8. The van der Waals surface area contributed by atoms with Gasteiger partial charge >= 0.3 is 0 Å². The highest BCUT2D eigenvalue weighted by molar-refractivity contribution is 6.31. The summed E-state index contributed by atoms with van der Waals surface area (Å²) in [5.41, 5.74) is 2.65. The average molecular weight is 298 g/mol. The van der Waals surface area contributed by atoms with E-state index < -0.39 is 0 Å². The van der Waals surface area contributed by atoms with Crippen molar-refractivity contribution in [2.45, 2.75) is 72.4 Å². The first kappa shape index (κ1) is 15.8. The zero-order valence-electron chi connectivity index (χ0n) is 13.3. The van der Waals surface area contributed by atoms with Gasteiger partial charge in [0.05, 0.1) is 16.4 Å². The minimum atomic E-state index is 0.356. The number of nitrogens with one attached hydrogen (secondary N) is 1. The van der Waals surface area contributed by atoms with E-state index in [0.717, 1.165) is 36.6 Å². The van der Waals surface area contributed by atoms with Crippen molar-refractivity contribution in [3.8, 4) is 0 Å². The third kappa shape index (κ3) is 3.20. The molecule has 114 valence electrons. The Hall–Kier alpha value is -0.540. The SMILES string of the molecule is CCNC1CCC(C)(Cc2c(Cl)c(CC)nn2CC)C1. The van der Waals surface area contributed by atoms with Crippen LogP contribution in [0.2, 0.25) is 5.02 Å². The Balaban J connectivity index is 2.15. The molecule has 1 heterocycles. The van der Waals surface area contributed by atoms with E-state index in [9.17, 15) is 0 Å². The Labute approximate surface area is 128 Å². The Kier molecular flexibility index (Phi) is 5.14. The first-order chi connectivity index (χ1) is 9.53. The fraction of sp³-hybridized carbons (Fsp3) is 0.812. The number of aromatic nitrogens is 2. The maximum Gasteiger partial charge on any atom is 0.0850 e. The van der Waals surface area contributed by atoms with Gasteiger partial charge in [-0.3, -0.25) is 4.68 Å². The molecule has 1 aliphatic carbocycles. The normalized spacial score (nSPS) is 26.4. The molecule has 2 atom stereocenters. The second-order valence-electron chi connectivity index (χ2n) is 6.36. The molecule has 1 fully saturated rings. The van der Waals surface area contributed by atoms with Gasteiger partial charge in [-0.25, -0.2) is 0 Å². The molecular formula is C16H28ClN3. The maximum atomic E-state index is 6.55. The van der Waals surface area contributed by atoms with E-state index in [-0.39, 0.29) is 0 Å². The first-order valence-corrected chi connectivity index (χ1v) is 8.38. The van der Waals surface area contributed by atoms with E-state index in [1.54, 1.807) is 0 Å². The van der Waals surface area contributed by atoms with Crippen LogP contribution in [0.5, 0.6) is 0 Å². The summed E-state index contributed by atoms with van der Waals surface area (Å²) in [6.45, 7) is 10.8. The molecule has 0 aliphatic heterocycles. The second kappa shape index (κ2) is 6.48. The molecule has 1 aromatic rings. The minimum Gasteiger partial charge on any atom is -0.314 e. The summed E-state index contributed by atoms with van der Waals surface area (Å²) >= 11 is 6.55. The number of nitrogens with zero attached hydrogens (tertiary/aromatic N) is 2. The highest BCUT2D eigenvalue weighted by Gasteiger charge is 2.36. The van der Waals surface area contributed by atoms with Crippen molar-refractivity contribution in [1.82, 2.24) is 15.1 Å². The summed E-state index contributed by atoms with van der Waals surface area (Å²) in [5.74, 6) is 0. The summed E-state index contributed by atoms with van der Waals surface area (Å²) in [6, 6.07) is 0.674. The van der Waals surface area contributed by atoms with E-state index in [0.29, 0.717) is 11.5 Å². The van der Waals surface area contributed by atoms with Gasteiger partial charge in [0.15, 0.2) is 0 Å². The lowest BCUT2D eigenvalue weighted by Crippen LogP contribution is -2.28. The molecule has 1 saturated carbocycles. The summed E-state index contributed by atoms with van der Waals surface area (Å²) < 4.78 is 2.10. The van der Waals surface area contributed by atoms with Gasteiger partial charge in [0, 0.05) is 12.6 Å². The van der Waals surface area contributed by atoms with Gasteiger partial charge in [0.1, 0.15) is 0 Å². The van der Waals surface area contributed by atoms with Crippen LogP contribution in [0.25, 0.3) is 0 Å². The molecule has 0 saturated heterocycles. The fourth-order valence-corrected chi connectivity index (χ4v) is 3.87. The van der Waals surface area contributed by atoms with E-state index >= 15 is 0 Å². The molecule has 3 nitrogen and oxygen atoms in total. The van der Waals surface area contributed by atoms with Gasteiger partial charge in [0.2, 0.25) is 0 Å². The molecule has 2 unspecified atom stereocenters.